The molecule has 5 nitrogen and oxygen atoms in total. The predicted molar refractivity (Wildman–Crippen MR) is 108 cm³/mol. The standard InChI is InChI=1S/C22H23N3O2/c1-4-13-25(14-17-10-6-5-9-15(17)2)22(27)16(3)20-18-11-7-8-12-19(18)21(26)24-23-20/h4-12,16H,1,13-14H2,2-3H3,(H,24,26)/t16-/m1/s1. The number of rotatable bonds is 6. The van der Waals surface area contributed by atoms with Crippen LogP contribution in [0.25, 0.3) is 10.8 Å². The molecule has 1 atom stereocenters. The van der Waals surface area contributed by atoms with Gasteiger partial charge in [0.05, 0.1) is 17.0 Å². The van der Waals surface area contributed by atoms with Gasteiger partial charge in [-0.2, -0.15) is 5.10 Å². The van der Waals surface area contributed by atoms with Crippen LogP contribution in [0.4, 0.5) is 0 Å². The minimum atomic E-state index is -0.490. The largest absolute Gasteiger partial charge is 0.334 e. The number of benzene rings is 2. The molecule has 0 aliphatic heterocycles. The van der Waals surface area contributed by atoms with E-state index in [1.807, 2.05) is 50.2 Å². The van der Waals surface area contributed by atoms with Crippen LogP contribution in [0.15, 0.2) is 66.0 Å². The van der Waals surface area contributed by atoms with Crippen molar-refractivity contribution in [1.82, 2.24) is 15.1 Å². The molecule has 1 N–H and O–H groups in total. The van der Waals surface area contributed by atoms with E-state index in [0.29, 0.717) is 29.6 Å². The van der Waals surface area contributed by atoms with Gasteiger partial charge in [0.1, 0.15) is 0 Å². The number of amides is 1. The second kappa shape index (κ2) is 7.99. The zero-order valence-corrected chi connectivity index (χ0v) is 15.6. The molecule has 0 fully saturated rings. The van der Waals surface area contributed by atoms with Gasteiger partial charge < -0.3 is 4.90 Å². The zero-order chi connectivity index (χ0) is 19.4. The van der Waals surface area contributed by atoms with Gasteiger partial charge in [-0.1, -0.05) is 48.5 Å². The lowest BCUT2D eigenvalue weighted by Crippen LogP contribution is -2.35. The summed E-state index contributed by atoms with van der Waals surface area (Å²) >= 11 is 0. The summed E-state index contributed by atoms with van der Waals surface area (Å²) in [6, 6.07) is 15.2. The summed E-state index contributed by atoms with van der Waals surface area (Å²) < 4.78 is 0. The van der Waals surface area contributed by atoms with E-state index < -0.39 is 5.92 Å². The van der Waals surface area contributed by atoms with Crippen molar-refractivity contribution in [2.45, 2.75) is 26.3 Å². The van der Waals surface area contributed by atoms with Crippen LogP contribution in [0.5, 0.6) is 0 Å². The average Bonchev–Trinajstić information content (AvgIpc) is 2.69. The molecule has 5 heteroatoms. The number of hydrogen-bond acceptors (Lipinski definition) is 3. The number of aromatic amines is 1. The van der Waals surface area contributed by atoms with Crippen molar-refractivity contribution >= 4 is 16.7 Å². The lowest BCUT2D eigenvalue weighted by Gasteiger charge is -2.25. The van der Waals surface area contributed by atoms with E-state index in [-0.39, 0.29) is 11.5 Å². The van der Waals surface area contributed by atoms with Crippen molar-refractivity contribution in [3.05, 3.63) is 88.4 Å². The summed E-state index contributed by atoms with van der Waals surface area (Å²) in [5.74, 6) is -0.543. The highest BCUT2D eigenvalue weighted by molar-refractivity contribution is 5.91. The average molecular weight is 361 g/mol. The first kappa shape index (κ1) is 18.6. The molecule has 1 amide bonds. The molecule has 0 saturated carbocycles. The van der Waals surface area contributed by atoms with Crippen molar-refractivity contribution in [3.63, 3.8) is 0 Å². The maximum Gasteiger partial charge on any atom is 0.272 e. The van der Waals surface area contributed by atoms with Gasteiger partial charge in [0.25, 0.3) is 5.56 Å². The second-order valence-corrected chi connectivity index (χ2v) is 6.64. The van der Waals surface area contributed by atoms with Crippen molar-refractivity contribution in [1.29, 1.82) is 0 Å². The number of aryl methyl sites for hydroxylation is 1. The quantitative estimate of drug-likeness (QED) is 0.683. The van der Waals surface area contributed by atoms with E-state index in [9.17, 15) is 9.59 Å². The smallest absolute Gasteiger partial charge is 0.272 e. The Morgan fingerprint density at radius 3 is 2.56 bits per heavy atom. The van der Waals surface area contributed by atoms with E-state index >= 15 is 0 Å². The van der Waals surface area contributed by atoms with Crippen molar-refractivity contribution < 1.29 is 4.79 Å². The fourth-order valence-electron chi connectivity index (χ4n) is 3.24. The van der Waals surface area contributed by atoms with Gasteiger partial charge in [-0.15, -0.1) is 6.58 Å². The third-order valence-corrected chi connectivity index (χ3v) is 4.79. The topological polar surface area (TPSA) is 66.1 Å². The molecular weight excluding hydrogens is 338 g/mol. The fourth-order valence-corrected chi connectivity index (χ4v) is 3.24. The van der Waals surface area contributed by atoms with Gasteiger partial charge in [-0.05, 0) is 31.0 Å². The third kappa shape index (κ3) is 3.82. The molecule has 0 spiro atoms. The number of H-pyrrole nitrogens is 1. The Labute approximate surface area is 158 Å². The molecular formula is C22H23N3O2. The van der Waals surface area contributed by atoms with Gasteiger partial charge in [0.15, 0.2) is 0 Å². The van der Waals surface area contributed by atoms with Gasteiger partial charge in [0, 0.05) is 18.5 Å². The summed E-state index contributed by atoms with van der Waals surface area (Å²) in [7, 11) is 0. The van der Waals surface area contributed by atoms with E-state index in [2.05, 4.69) is 16.8 Å². The number of aromatic nitrogens is 2. The molecule has 3 rings (SSSR count). The summed E-state index contributed by atoms with van der Waals surface area (Å²) in [6.07, 6.45) is 1.72. The summed E-state index contributed by atoms with van der Waals surface area (Å²) in [5, 5.41) is 7.94. The number of nitrogens with zero attached hydrogens (tertiary/aromatic N) is 2. The molecule has 2 aromatic carbocycles. The highest BCUT2D eigenvalue weighted by Gasteiger charge is 2.25. The number of nitrogens with one attached hydrogen (secondary N) is 1. The minimum Gasteiger partial charge on any atom is -0.334 e. The van der Waals surface area contributed by atoms with E-state index in [0.717, 1.165) is 11.1 Å². The summed E-state index contributed by atoms with van der Waals surface area (Å²) in [4.78, 5) is 27.0. The third-order valence-electron chi connectivity index (χ3n) is 4.79. The van der Waals surface area contributed by atoms with Crippen LogP contribution in [-0.4, -0.2) is 27.5 Å². The predicted octanol–water partition coefficient (Wildman–Crippen LogP) is 3.55. The monoisotopic (exact) mass is 361 g/mol. The molecule has 0 aliphatic carbocycles. The molecule has 0 radical (unpaired) electrons. The molecule has 0 aliphatic rings. The lowest BCUT2D eigenvalue weighted by molar-refractivity contribution is -0.132. The van der Waals surface area contributed by atoms with Crippen LogP contribution in [0.1, 0.15) is 29.7 Å². The number of fused-ring (bicyclic) bond motifs is 1. The fraction of sp³-hybridized carbons (Fsp3) is 0.227. The van der Waals surface area contributed by atoms with Crippen LogP contribution in [-0.2, 0) is 11.3 Å². The number of hydrogen-bond donors (Lipinski definition) is 1. The van der Waals surface area contributed by atoms with Crippen LogP contribution in [0.3, 0.4) is 0 Å². The Balaban J connectivity index is 1.95. The summed E-state index contributed by atoms with van der Waals surface area (Å²) in [6.45, 7) is 8.59. The van der Waals surface area contributed by atoms with E-state index in [4.69, 9.17) is 0 Å². The number of carbonyl (C=O) groups is 1. The minimum absolute atomic E-state index is 0.0529. The first-order valence-corrected chi connectivity index (χ1v) is 8.94. The van der Waals surface area contributed by atoms with Gasteiger partial charge >= 0.3 is 0 Å². The molecule has 0 bridgehead atoms. The maximum atomic E-state index is 13.2. The van der Waals surface area contributed by atoms with Gasteiger partial charge in [0.2, 0.25) is 5.91 Å². The molecule has 0 saturated heterocycles. The Hall–Kier alpha value is -3.21. The SMILES string of the molecule is C=CCN(Cc1ccccc1C)C(=O)[C@H](C)c1n[nH]c(=O)c2ccccc12. The number of carbonyl (C=O) groups excluding carboxylic acids is 1. The molecule has 27 heavy (non-hydrogen) atoms. The first-order chi connectivity index (χ1) is 13.0. The first-order valence-electron chi connectivity index (χ1n) is 8.94. The molecule has 1 aromatic heterocycles. The Morgan fingerprint density at radius 1 is 1.19 bits per heavy atom. The molecule has 1 heterocycles. The van der Waals surface area contributed by atoms with E-state index in [1.165, 1.54) is 0 Å². The van der Waals surface area contributed by atoms with Crippen LogP contribution in [0.2, 0.25) is 0 Å². The van der Waals surface area contributed by atoms with Gasteiger partial charge in [-0.25, -0.2) is 5.10 Å². The summed E-state index contributed by atoms with van der Waals surface area (Å²) in [5.41, 5.74) is 2.56. The van der Waals surface area contributed by atoms with Crippen LogP contribution >= 0.6 is 0 Å². The van der Waals surface area contributed by atoms with Crippen molar-refractivity contribution in [2.75, 3.05) is 6.54 Å². The molecule has 3 aromatic rings. The van der Waals surface area contributed by atoms with E-state index in [1.54, 1.807) is 23.1 Å². The van der Waals surface area contributed by atoms with Crippen molar-refractivity contribution in [2.24, 2.45) is 0 Å². The van der Waals surface area contributed by atoms with Gasteiger partial charge in [-0.3, -0.25) is 9.59 Å². The Morgan fingerprint density at radius 2 is 1.85 bits per heavy atom. The Bertz CT molecular complexity index is 1040. The highest BCUT2D eigenvalue weighted by atomic mass is 16.2. The van der Waals surface area contributed by atoms with Crippen molar-refractivity contribution in [3.8, 4) is 0 Å². The van der Waals surface area contributed by atoms with Crippen LogP contribution in [0, 0.1) is 6.92 Å². The molecule has 138 valence electrons. The highest BCUT2D eigenvalue weighted by Crippen LogP contribution is 2.24. The molecule has 0 unspecified atom stereocenters. The van der Waals surface area contributed by atoms with Crippen LogP contribution < -0.4 is 5.56 Å². The second-order valence-electron chi connectivity index (χ2n) is 6.64. The lowest BCUT2D eigenvalue weighted by atomic mass is 9.99. The Kier molecular flexibility index (Phi) is 5.50. The zero-order valence-electron chi connectivity index (χ0n) is 15.6. The maximum absolute atomic E-state index is 13.2. The normalized spacial score (nSPS) is 11.9.